The summed E-state index contributed by atoms with van der Waals surface area (Å²) in [5.74, 6) is -1.12. The molecule has 3 rings (SSSR count). The second-order valence-electron chi connectivity index (χ2n) is 5.97. The molecule has 1 aliphatic rings. The van der Waals surface area contributed by atoms with E-state index in [9.17, 15) is 18.8 Å². The number of nitrogens with one attached hydrogen (secondary N) is 2. The monoisotopic (exact) mass is 387 g/mol. The molecular formula is C19H18FN3O5. The third-order valence-corrected chi connectivity index (χ3v) is 4.24. The van der Waals surface area contributed by atoms with Gasteiger partial charge in [0.25, 0.3) is 11.8 Å². The summed E-state index contributed by atoms with van der Waals surface area (Å²) in [6, 6.07) is 8.68. The summed E-state index contributed by atoms with van der Waals surface area (Å²) < 4.78 is 23.3. The highest BCUT2D eigenvalue weighted by atomic mass is 19.1. The summed E-state index contributed by atoms with van der Waals surface area (Å²) in [5, 5.41) is 0. The predicted molar refractivity (Wildman–Crippen MR) is 97.4 cm³/mol. The lowest BCUT2D eigenvalue weighted by molar-refractivity contribution is -0.121. The largest absolute Gasteiger partial charge is 0.493 e. The number of imide groups is 1. The van der Waals surface area contributed by atoms with E-state index < -0.39 is 29.6 Å². The van der Waals surface area contributed by atoms with Crippen molar-refractivity contribution in [3.05, 3.63) is 53.8 Å². The average molecular weight is 387 g/mol. The molecule has 8 nitrogen and oxygen atoms in total. The van der Waals surface area contributed by atoms with Crippen molar-refractivity contribution in [2.45, 2.75) is 12.5 Å². The minimum absolute atomic E-state index is 0.136. The van der Waals surface area contributed by atoms with Crippen LogP contribution in [0.2, 0.25) is 0 Å². The normalized spacial score (nSPS) is 16.2. The SMILES string of the molecule is COc1ccc(C(=O)NN[C@@H]2CC(=O)N(c3ccc(F)cc3)C2=O)cc1OC. The van der Waals surface area contributed by atoms with Crippen LogP contribution >= 0.6 is 0 Å². The number of ether oxygens (including phenoxy) is 2. The second kappa shape index (κ2) is 8.05. The fourth-order valence-corrected chi connectivity index (χ4v) is 2.81. The molecule has 28 heavy (non-hydrogen) atoms. The van der Waals surface area contributed by atoms with Gasteiger partial charge in [-0.15, -0.1) is 0 Å². The molecule has 1 aliphatic heterocycles. The molecule has 1 fully saturated rings. The van der Waals surface area contributed by atoms with Crippen LogP contribution in [-0.2, 0) is 9.59 Å². The maximum atomic E-state index is 13.1. The molecule has 146 valence electrons. The van der Waals surface area contributed by atoms with E-state index in [1.54, 1.807) is 6.07 Å². The Bertz CT molecular complexity index is 916. The number of rotatable bonds is 6. The maximum absolute atomic E-state index is 13.1. The molecule has 0 aliphatic carbocycles. The van der Waals surface area contributed by atoms with E-state index in [0.29, 0.717) is 11.5 Å². The zero-order chi connectivity index (χ0) is 20.3. The highest BCUT2D eigenvalue weighted by Gasteiger charge is 2.39. The van der Waals surface area contributed by atoms with Gasteiger partial charge in [0.15, 0.2) is 11.5 Å². The summed E-state index contributed by atoms with van der Waals surface area (Å²) in [5.41, 5.74) is 5.54. The van der Waals surface area contributed by atoms with Gasteiger partial charge >= 0.3 is 0 Å². The molecule has 2 N–H and O–H groups in total. The van der Waals surface area contributed by atoms with Gasteiger partial charge in [-0.2, -0.15) is 0 Å². The van der Waals surface area contributed by atoms with Gasteiger partial charge in [0.2, 0.25) is 5.91 Å². The Kier molecular flexibility index (Phi) is 5.55. The van der Waals surface area contributed by atoms with Gasteiger partial charge in [0.1, 0.15) is 11.9 Å². The summed E-state index contributed by atoms with van der Waals surface area (Å²) in [4.78, 5) is 38.0. The molecule has 0 aromatic heterocycles. The lowest BCUT2D eigenvalue weighted by Gasteiger charge is -2.16. The Balaban J connectivity index is 1.66. The van der Waals surface area contributed by atoms with Crippen LogP contribution in [0.1, 0.15) is 16.8 Å². The van der Waals surface area contributed by atoms with Crippen molar-refractivity contribution in [2.75, 3.05) is 19.1 Å². The van der Waals surface area contributed by atoms with E-state index in [0.717, 1.165) is 17.0 Å². The van der Waals surface area contributed by atoms with Crippen LogP contribution in [0, 0.1) is 5.82 Å². The standard InChI is InChI=1S/C19H18FN3O5/c1-27-15-8-3-11(9-16(15)28-2)18(25)22-21-14-10-17(24)23(19(14)26)13-6-4-12(20)5-7-13/h3-9,14,21H,10H2,1-2H3,(H,22,25)/t14-/m1/s1. The Morgan fingerprint density at radius 1 is 1.07 bits per heavy atom. The molecule has 3 amide bonds. The second-order valence-corrected chi connectivity index (χ2v) is 5.97. The van der Waals surface area contributed by atoms with Crippen LogP contribution in [0.15, 0.2) is 42.5 Å². The fourth-order valence-electron chi connectivity index (χ4n) is 2.81. The summed E-state index contributed by atoms with van der Waals surface area (Å²) >= 11 is 0. The van der Waals surface area contributed by atoms with Crippen LogP contribution < -0.4 is 25.2 Å². The number of carbonyl (C=O) groups is 3. The lowest BCUT2D eigenvalue weighted by atomic mass is 10.2. The van der Waals surface area contributed by atoms with Crippen LogP contribution in [0.25, 0.3) is 0 Å². The predicted octanol–water partition coefficient (Wildman–Crippen LogP) is 1.41. The maximum Gasteiger partial charge on any atom is 0.265 e. The average Bonchev–Trinajstić information content (AvgIpc) is 2.99. The van der Waals surface area contributed by atoms with Crippen molar-refractivity contribution in [1.29, 1.82) is 0 Å². The van der Waals surface area contributed by atoms with Crippen molar-refractivity contribution in [3.8, 4) is 11.5 Å². The number of hydrazine groups is 1. The molecule has 0 unspecified atom stereocenters. The highest BCUT2D eigenvalue weighted by Crippen LogP contribution is 2.27. The molecule has 0 bridgehead atoms. The smallest absolute Gasteiger partial charge is 0.265 e. The number of carbonyl (C=O) groups excluding carboxylic acids is 3. The number of hydrogen-bond acceptors (Lipinski definition) is 6. The number of amides is 3. The van der Waals surface area contributed by atoms with E-state index in [1.807, 2.05) is 0 Å². The molecule has 1 heterocycles. The minimum Gasteiger partial charge on any atom is -0.493 e. The van der Waals surface area contributed by atoms with Crippen molar-refractivity contribution < 1.29 is 28.2 Å². The Morgan fingerprint density at radius 2 is 1.75 bits per heavy atom. The number of nitrogens with zero attached hydrogens (tertiary/aromatic N) is 1. The first-order valence-electron chi connectivity index (χ1n) is 8.35. The topological polar surface area (TPSA) is 97.0 Å². The van der Waals surface area contributed by atoms with Crippen LogP contribution in [0.4, 0.5) is 10.1 Å². The molecule has 0 saturated carbocycles. The highest BCUT2D eigenvalue weighted by molar-refractivity contribution is 6.22. The van der Waals surface area contributed by atoms with E-state index in [1.165, 1.54) is 38.5 Å². The number of halogens is 1. The quantitative estimate of drug-likeness (QED) is 0.575. The molecule has 2 aromatic carbocycles. The van der Waals surface area contributed by atoms with Gasteiger partial charge in [-0.3, -0.25) is 19.8 Å². The summed E-state index contributed by atoms with van der Waals surface area (Å²) in [6.45, 7) is 0. The Hall–Kier alpha value is -3.46. The number of methoxy groups -OCH3 is 2. The van der Waals surface area contributed by atoms with E-state index in [4.69, 9.17) is 9.47 Å². The number of hydrogen-bond donors (Lipinski definition) is 2. The van der Waals surface area contributed by atoms with Crippen molar-refractivity contribution in [1.82, 2.24) is 10.9 Å². The van der Waals surface area contributed by atoms with Gasteiger partial charge in [-0.25, -0.2) is 14.7 Å². The Morgan fingerprint density at radius 3 is 2.39 bits per heavy atom. The van der Waals surface area contributed by atoms with Gasteiger partial charge in [-0.1, -0.05) is 0 Å². The van der Waals surface area contributed by atoms with Crippen LogP contribution in [0.3, 0.4) is 0 Å². The molecular weight excluding hydrogens is 369 g/mol. The first-order valence-corrected chi connectivity index (χ1v) is 8.35. The van der Waals surface area contributed by atoms with Gasteiger partial charge in [0.05, 0.1) is 26.3 Å². The third-order valence-electron chi connectivity index (χ3n) is 4.24. The third kappa shape index (κ3) is 3.79. The molecule has 0 spiro atoms. The molecule has 9 heteroatoms. The van der Waals surface area contributed by atoms with Crippen LogP contribution in [-0.4, -0.2) is 38.0 Å². The molecule has 1 atom stereocenters. The van der Waals surface area contributed by atoms with E-state index >= 15 is 0 Å². The van der Waals surface area contributed by atoms with Crippen molar-refractivity contribution in [3.63, 3.8) is 0 Å². The van der Waals surface area contributed by atoms with Gasteiger partial charge in [-0.05, 0) is 42.5 Å². The first kappa shape index (κ1) is 19.3. The van der Waals surface area contributed by atoms with E-state index in [2.05, 4.69) is 10.9 Å². The molecule has 2 aromatic rings. The zero-order valence-electron chi connectivity index (χ0n) is 15.2. The Labute approximate surface area is 160 Å². The summed E-state index contributed by atoms with van der Waals surface area (Å²) in [7, 11) is 2.93. The zero-order valence-corrected chi connectivity index (χ0v) is 15.2. The molecule has 0 radical (unpaired) electrons. The number of benzene rings is 2. The number of anilines is 1. The van der Waals surface area contributed by atoms with Crippen molar-refractivity contribution >= 4 is 23.4 Å². The minimum atomic E-state index is -0.929. The van der Waals surface area contributed by atoms with Crippen LogP contribution in [0.5, 0.6) is 11.5 Å². The molecule has 1 saturated heterocycles. The summed E-state index contributed by atoms with van der Waals surface area (Å²) in [6.07, 6.45) is -0.136. The van der Waals surface area contributed by atoms with Crippen molar-refractivity contribution in [2.24, 2.45) is 0 Å². The van der Waals surface area contributed by atoms with Gasteiger partial charge < -0.3 is 9.47 Å². The van der Waals surface area contributed by atoms with E-state index in [-0.39, 0.29) is 17.7 Å². The lowest BCUT2D eigenvalue weighted by Crippen LogP contribution is -2.48. The van der Waals surface area contributed by atoms with Gasteiger partial charge in [0, 0.05) is 5.56 Å². The fraction of sp³-hybridized carbons (Fsp3) is 0.211. The first-order chi connectivity index (χ1) is 13.4.